The molecule has 1 unspecified atom stereocenters. The molecule has 4 rings (SSSR count). The maximum atomic E-state index is 13.3. The van der Waals surface area contributed by atoms with E-state index < -0.39 is 23.7 Å². The minimum absolute atomic E-state index is 0.0908. The second-order valence-corrected chi connectivity index (χ2v) is 6.86. The molecule has 2 heterocycles. The Hall–Kier alpha value is -3.68. The molecule has 0 bridgehead atoms. The number of nitrogens with zero attached hydrogens (tertiary/aromatic N) is 1. The summed E-state index contributed by atoms with van der Waals surface area (Å²) < 4.78 is 55.9. The lowest BCUT2D eigenvalue weighted by molar-refractivity contribution is -0.137. The van der Waals surface area contributed by atoms with Crippen molar-refractivity contribution in [3.63, 3.8) is 0 Å². The highest BCUT2D eigenvalue weighted by molar-refractivity contribution is 5.96. The van der Waals surface area contributed by atoms with E-state index in [1.807, 2.05) is 0 Å². The number of carbonyl (C=O) groups excluding carboxylic acids is 1. The zero-order chi connectivity index (χ0) is 22.2. The van der Waals surface area contributed by atoms with Crippen molar-refractivity contribution in [1.82, 2.24) is 4.90 Å². The Morgan fingerprint density at radius 1 is 1.06 bits per heavy atom. The zero-order valence-electron chi connectivity index (χ0n) is 16.6. The van der Waals surface area contributed by atoms with Crippen molar-refractivity contribution in [3.05, 3.63) is 89.0 Å². The Balaban J connectivity index is 1.84. The highest BCUT2D eigenvalue weighted by atomic mass is 19.4. The van der Waals surface area contributed by atoms with Gasteiger partial charge in [-0.25, -0.2) is 0 Å². The number of hydrogen-bond acceptors (Lipinski definition) is 4. The van der Waals surface area contributed by atoms with Crippen LogP contribution in [-0.2, 0) is 6.18 Å². The van der Waals surface area contributed by atoms with E-state index in [2.05, 4.69) is 0 Å². The predicted molar refractivity (Wildman–Crippen MR) is 107 cm³/mol. The number of ether oxygens (including phenoxy) is 2. The van der Waals surface area contributed by atoms with E-state index in [9.17, 15) is 18.0 Å². The number of methoxy groups -OCH3 is 2. The smallest absolute Gasteiger partial charge is 0.416 e. The quantitative estimate of drug-likeness (QED) is 0.547. The topological polar surface area (TPSA) is 51.9 Å². The van der Waals surface area contributed by atoms with Gasteiger partial charge in [0.05, 0.1) is 26.0 Å². The summed E-state index contributed by atoms with van der Waals surface area (Å²) in [4.78, 5) is 14.7. The average Bonchev–Trinajstić information content (AvgIpc) is 3.31. The number of carbonyl (C=O) groups is 1. The minimum atomic E-state index is -4.55. The van der Waals surface area contributed by atoms with Gasteiger partial charge in [-0.1, -0.05) is 6.07 Å². The van der Waals surface area contributed by atoms with Crippen molar-refractivity contribution in [2.75, 3.05) is 14.2 Å². The first-order valence-corrected chi connectivity index (χ1v) is 9.31. The van der Waals surface area contributed by atoms with Crippen LogP contribution in [0.1, 0.15) is 38.9 Å². The molecule has 0 radical (unpaired) electrons. The molecule has 0 N–H and O–H groups in total. The van der Waals surface area contributed by atoms with Gasteiger partial charge in [0.15, 0.2) is 0 Å². The van der Waals surface area contributed by atoms with Crippen LogP contribution in [0.5, 0.6) is 11.5 Å². The van der Waals surface area contributed by atoms with Gasteiger partial charge in [-0.2, -0.15) is 13.2 Å². The first-order valence-electron chi connectivity index (χ1n) is 9.31. The van der Waals surface area contributed by atoms with Crippen LogP contribution in [0.2, 0.25) is 0 Å². The van der Waals surface area contributed by atoms with Gasteiger partial charge in [0.2, 0.25) is 0 Å². The molecular weight excluding hydrogens is 411 g/mol. The summed E-state index contributed by atoms with van der Waals surface area (Å²) in [7, 11) is 3.02. The van der Waals surface area contributed by atoms with Gasteiger partial charge >= 0.3 is 6.18 Å². The Morgan fingerprint density at radius 2 is 1.87 bits per heavy atom. The Morgan fingerprint density at radius 3 is 2.52 bits per heavy atom. The maximum absolute atomic E-state index is 13.3. The van der Waals surface area contributed by atoms with Crippen LogP contribution in [-0.4, -0.2) is 25.0 Å². The molecule has 0 fully saturated rings. The lowest BCUT2D eigenvalue weighted by Crippen LogP contribution is -2.33. The van der Waals surface area contributed by atoms with Crippen LogP contribution < -0.4 is 9.47 Å². The molecule has 0 spiro atoms. The third-order valence-electron chi connectivity index (χ3n) is 5.05. The summed E-state index contributed by atoms with van der Waals surface area (Å²) in [6.07, 6.45) is 0.124. The summed E-state index contributed by atoms with van der Waals surface area (Å²) in [6, 6.07) is 10.4. The second kappa shape index (κ2) is 7.86. The maximum Gasteiger partial charge on any atom is 0.416 e. The number of furan rings is 1. The van der Waals surface area contributed by atoms with Gasteiger partial charge in [0.1, 0.15) is 23.3 Å². The molecule has 0 saturated heterocycles. The van der Waals surface area contributed by atoms with Gasteiger partial charge in [0, 0.05) is 23.4 Å². The van der Waals surface area contributed by atoms with Crippen molar-refractivity contribution in [1.29, 1.82) is 0 Å². The van der Waals surface area contributed by atoms with E-state index in [0.717, 1.165) is 17.7 Å². The van der Waals surface area contributed by atoms with Gasteiger partial charge in [-0.3, -0.25) is 9.69 Å². The highest BCUT2D eigenvalue weighted by Crippen LogP contribution is 2.44. The van der Waals surface area contributed by atoms with Crippen LogP contribution in [0, 0.1) is 0 Å². The number of hydrogen-bond donors (Lipinski definition) is 0. The summed E-state index contributed by atoms with van der Waals surface area (Å²) in [5, 5.41) is 0. The molecule has 1 aliphatic heterocycles. The molecule has 0 saturated carbocycles. The number of alkyl halides is 3. The summed E-state index contributed by atoms with van der Waals surface area (Å²) in [5.74, 6) is 0.861. The van der Waals surface area contributed by atoms with Crippen molar-refractivity contribution in [2.45, 2.75) is 12.2 Å². The molecule has 1 amide bonds. The Labute approximate surface area is 176 Å². The first kappa shape index (κ1) is 20.6. The zero-order valence-corrected chi connectivity index (χ0v) is 16.6. The summed E-state index contributed by atoms with van der Waals surface area (Å²) >= 11 is 0. The standard InChI is InChI=1S/C23H18F3NO4/c1-29-17-12-14-8-9-27(22(28)15-5-3-6-16(11-15)23(24,25)26)21(18-7-4-10-31-18)20(14)19(13-17)30-2/h3-13,21H,1-2H3. The number of rotatable bonds is 4. The van der Waals surface area contributed by atoms with Crippen LogP contribution in [0.4, 0.5) is 13.2 Å². The summed E-state index contributed by atoms with van der Waals surface area (Å²) in [6.45, 7) is 0. The molecule has 1 atom stereocenters. The number of benzene rings is 2. The van der Waals surface area contributed by atoms with Crippen molar-refractivity contribution < 1.29 is 31.9 Å². The van der Waals surface area contributed by atoms with Crippen LogP contribution in [0.3, 0.4) is 0 Å². The van der Waals surface area contributed by atoms with Crippen molar-refractivity contribution in [2.24, 2.45) is 0 Å². The minimum Gasteiger partial charge on any atom is -0.497 e. The van der Waals surface area contributed by atoms with E-state index in [1.165, 1.54) is 43.7 Å². The molecule has 0 aliphatic carbocycles. The fraction of sp³-hybridized carbons (Fsp3) is 0.174. The van der Waals surface area contributed by atoms with Gasteiger partial charge in [-0.15, -0.1) is 0 Å². The van der Waals surface area contributed by atoms with Crippen molar-refractivity contribution >= 4 is 12.0 Å². The molecule has 31 heavy (non-hydrogen) atoms. The first-order chi connectivity index (χ1) is 14.8. The van der Waals surface area contributed by atoms with E-state index in [4.69, 9.17) is 13.9 Å². The van der Waals surface area contributed by atoms with E-state index in [0.29, 0.717) is 22.8 Å². The van der Waals surface area contributed by atoms with Gasteiger partial charge in [0.25, 0.3) is 5.91 Å². The summed E-state index contributed by atoms with van der Waals surface area (Å²) in [5.41, 5.74) is 0.398. The Bertz CT molecular complexity index is 1140. The van der Waals surface area contributed by atoms with Crippen LogP contribution >= 0.6 is 0 Å². The molecule has 1 aromatic heterocycles. The normalized spacial score (nSPS) is 15.5. The lowest BCUT2D eigenvalue weighted by Gasteiger charge is -2.33. The molecule has 2 aromatic carbocycles. The number of halogens is 3. The number of amides is 1. The molecule has 8 heteroatoms. The highest BCUT2D eigenvalue weighted by Gasteiger charge is 2.36. The molecular formula is C23H18F3NO4. The van der Waals surface area contributed by atoms with Crippen molar-refractivity contribution in [3.8, 4) is 11.5 Å². The van der Waals surface area contributed by atoms with E-state index in [-0.39, 0.29) is 5.56 Å². The van der Waals surface area contributed by atoms with E-state index in [1.54, 1.807) is 30.3 Å². The predicted octanol–water partition coefficient (Wildman–Crippen LogP) is 5.53. The average molecular weight is 429 g/mol. The largest absolute Gasteiger partial charge is 0.497 e. The fourth-order valence-corrected chi connectivity index (χ4v) is 3.61. The van der Waals surface area contributed by atoms with Crippen LogP contribution in [0.25, 0.3) is 6.08 Å². The monoisotopic (exact) mass is 429 g/mol. The third kappa shape index (κ3) is 3.76. The fourth-order valence-electron chi connectivity index (χ4n) is 3.61. The SMILES string of the molecule is COc1cc2c(c(OC)c1)C(c1ccco1)N(C(=O)c1cccc(C(F)(F)F)c1)C=C2. The third-order valence-corrected chi connectivity index (χ3v) is 5.05. The second-order valence-electron chi connectivity index (χ2n) is 6.86. The van der Waals surface area contributed by atoms with Gasteiger partial charge < -0.3 is 13.9 Å². The van der Waals surface area contributed by atoms with Crippen LogP contribution in [0.15, 0.2) is 65.4 Å². The number of fused-ring (bicyclic) bond motifs is 1. The molecule has 3 aromatic rings. The molecule has 160 valence electrons. The lowest BCUT2D eigenvalue weighted by atomic mass is 9.92. The molecule has 5 nitrogen and oxygen atoms in total. The van der Waals surface area contributed by atoms with E-state index >= 15 is 0 Å². The van der Waals surface area contributed by atoms with Gasteiger partial charge in [-0.05, 0) is 48.0 Å². The Kier molecular flexibility index (Phi) is 5.22. The molecule has 1 aliphatic rings.